The maximum Gasteiger partial charge on any atom is 0.194 e. The molecule has 0 bridgehead atoms. The molecule has 2 aromatic rings. The van der Waals surface area contributed by atoms with Gasteiger partial charge in [-0.05, 0) is 79.1 Å². The summed E-state index contributed by atoms with van der Waals surface area (Å²) in [4.78, 5) is 5.76. The molecule has 2 aromatic heterocycles. The molecule has 4 heteroatoms. The second kappa shape index (κ2) is 5.82. The van der Waals surface area contributed by atoms with Crippen LogP contribution in [0.25, 0.3) is 10.5 Å². The average molecular weight is 395 g/mol. The minimum absolute atomic E-state index is 0.112. The monoisotopic (exact) mass is 394 g/mol. The van der Waals surface area contributed by atoms with E-state index >= 15 is 0 Å². The van der Waals surface area contributed by atoms with Gasteiger partial charge in [0.2, 0.25) is 0 Å². The minimum Gasteiger partial charge on any atom is -0.393 e. The maximum atomic E-state index is 10.2. The average Bonchev–Trinajstić information content (AvgIpc) is 3.36. The highest BCUT2D eigenvalue weighted by atomic mass is 32.1. The van der Waals surface area contributed by atoms with Gasteiger partial charge in [-0.1, -0.05) is 31.6 Å². The summed E-state index contributed by atoms with van der Waals surface area (Å²) in [7, 11) is 0. The van der Waals surface area contributed by atoms with Gasteiger partial charge in [0.25, 0.3) is 0 Å². The Morgan fingerprint density at radius 1 is 1.11 bits per heavy atom. The van der Waals surface area contributed by atoms with Gasteiger partial charge < -0.3 is 5.11 Å². The van der Waals surface area contributed by atoms with Crippen LogP contribution in [0.3, 0.4) is 0 Å². The van der Waals surface area contributed by atoms with Gasteiger partial charge in [0.05, 0.1) is 18.0 Å². The fraction of sp³-hybridized carbons (Fsp3) is 0.625. The van der Waals surface area contributed by atoms with Crippen molar-refractivity contribution < 1.29 is 5.11 Å². The van der Waals surface area contributed by atoms with E-state index in [1.165, 1.54) is 37.8 Å². The molecule has 0 aromatic carbocycles. The summed E-state index contributed by atoms with van der Waals surface area (Å²) in [6, 6.07) is 0. The molecule has 3 nitrogen and oxygen atoms in total. The molecular formula is C24H30N2OS. The van der Waals surface area contributed by atoms with Gasteiger partial charge in [0.15, 0.2) is 4.96 Å². The van der Waals surface area contributed by atoms with Crippen molar-refractivity contribution in [1.82, 2.24) is 9.38 Å². The number of aromatic nitrogens is 2. The number of rotatable bonds is 1. The molecule has 148 valence electrons. The molecule has 0 unspecified atom stereocenters. The first-order valence-electron chi connectivity index (χ1n) is 11.0. The third-order valence-corrected chi connectivity index (χ3v) is 9.85. The molecule has 28 heavy (non-hydrogen) atoms. The van der Waals surface area contributed by atoms with Crippen molar-refractivity contribution in [2.45, 2.75) is 64.9 Å². The first-order chi connectivity index (χ1) is 13.5. The van der Waals surface area contributed by atoms with E-state index in [9.17, 15) is 5.11 Å². The van der Waals surface area contributed by atoms with Crippen molar-refractivity contribution in [2.75, 3.05) is 0 Å². The topological polar surface area (TPSA) is 37.5 Å². The van der Waals surface area contributed by atoms with E-state index in [-0.39, 0.29) is 11.5 Å². The van der Waals surface area contributed by atoms with Crippen LogP contribution in [0.4, 0.5) is 0 Å². The molecule has 0 amide bonds. The number of hydrogen-bond acceptors (Lipinski definition) is 3. The molecule has 0 spiro atoms. The minimum atomic E-state index is -0.112. The summed E-state index contributed by atoms with van der Waals surface area (Å²) >= 11 is 1.72. The van der Waals surface area contributed by atoms with Crippen LogP contribution < -0.4 is 0 Å². The number of imidazole rings is 1. The molecule has 6 atom stereocenters. The summed E-state index contributed by atoms with van der Waals surface area (Å²) in [6.45, 7) is 5.05. The Morgan fingerprint density at radius 3 is 2.86 bits per heavy atom. The summed E-state index contributed by atoms with van der Waals surface area (Å²) in [5.74, 6) is 2.31. The molecule has 0 aliphatic heterocycles. The highest BCUT2D eigenvalue weighted by Crippen LogP contribution is 2.66. The lowest BCUT2D eigenvalue weighted by atomic mass is 9.47. The normalized spacial score (nSPS) is 42.5. The van der Waals surface area contributed by atoms with Crippen LogP contribution in [-0.2, 0) is 0 Å². The van der Waals surface area contributed by atoms with Gasteiger partial charge in [0, 0.05) is 11.6 Å². The highest BCUT2D eigenvalue weighted by molar-refractivity contribution is 7.15. The molecule has 2 fully saturated rings. The number of aliphatic hydroxyl groups excluding tert-OH is 1. The van der Waals surface area contributed by atoms with E-state index in [1.807, 2.05) is 0 Å². The Morgan fingerprint density at radius 2 is 1.96 bits per heavy atom. The zero-order valence-corrected chi connectivity index (χ0v) is 17.7. The molecule has 1 N–H and O–H groups in total. The second-order valence-electron chi connectivity index (χ2n) is 10.2. The summed E-state index contributed by atoms with van der Waals surface area (Å²) in [6.07, 6.45) is 17.3. The van der Waals surface area contributed by atoms with Crippen LogP contribution in [0.2, 0.25) is 0 Å². The predicted octanol–water partition coefficient (Wildman–Crippen LogP) is 5.71. The van der Waals surface area contributed by atoms with Crippen LogP contribution in [-0.4, -0.2) is 20.6 Å². The van der Waals surface area contributed by atoms with E-state index < -0.39 is 0 Å². The lowest BCUT2D eigenvalue weighted by Crippen LogP contribution is -2.49. The Bertz CT molecular complexity index is 999. The summed E-state index contributed by atoms with van der Waals surface area (Å²) in [5.41, 5.74) is 5.02. The van der Waals surface area contributed by atoms with Gasteiger partial charge in [-0.3, -0.25) is 4.40 Å². The molecule has 0 saturated heterocycles. The molecule has 4 aliphatic carbocycles. The van der Waals surface area contributed by atoms with Crippen molar-refractivity contribution in [1.29, 1.82) is 0 Å². The number of fused-ring (bicyclic) bond motifs is 6. The fourth-order valence-corrected chi connectivity index (χ4v) is 8.22. The van der Waals surface area contributed by atoms with E-state index in [0.717, 1.165) is 35.6 Å². The van der Waals surface area contributed by atoms with Crippen molar-refractivity contribution in [3.63, 3.8) is 0 Å². The largest absolute Gasteiger partial charge is 0.393 e. The molecular weight excluding hydrogens is 364 g/mol. The standard InChI is InChI=1S/C24H30N2OS/c1-23-9-7-16(27)13-15(23)3-4-17-18-5-6-20(24(18,2)10-8-19(17)23)21-14-25-22-26(21)11-12-28-22/h3,6,11-12,14,16-19,27H,4-5,7-10,13H2,1-2H3/t16-,17-,18-,19-,23-,24-/m0/s1. The number of allylic oxidation sites excluding steroid dienone is 3. The van der Waals surface area contributed by atoms with Crippen LogP contribution in [0.1, 0.15) is 64.5 Å². The summed E-state index contributed by atoms with van der Waals surface area (Å²) < 4.78 is 2.29. The SMILES string of the molecule is C[C@]12CC[C@H](O)CC1=CC[C@@H]1[C@@H]2CC[C@]2(C)C(c3cnc4sccn34)=CC[C@@H]12. The lowest BCUT2D eigenvalue weighted by Gasteiger charge is -2.57. The molecule has 6 rings (SSSR count). The number of nitrogens with zero attached hydrogens (tertiary/aromatic N) is 2. The quantitative estimate of drug-likeness (QED) is 0.629. The lowest BCUT2D eigenvalue weighted by molar-refractivity contribution is -0.0238. The van der Waals surface area contributed by atoms with E-state index in [4.69, 9.17) is 0 Å². The van der Waals surface area contributed by atoms with Gasteiger partial charge in [0.1, 0.15) is 0 Å². The number of thiazole rings is 1. The van der Waals surface area contributed by atoms with Crippen LogP contribution in [0.15, 0.2) is 35.5 Å². The second-order valence-corrected chi connectivity index (χ2v) is 11.0. The van der Waals surface area contributed by atoms with Crippen molar-refractivity contribution in [3.05, 3.63) is 41.2 Å². The van der Waals surface area contributed by atoms with Crippen LogP contribution in [0.5, 0.6) is 0 Å². The zero-order chi connectivity index (χ0) is 19.1. The van der Waals surface area contributed by atoms with Gasteiger partial charge in [-0.15, -0.1) is 11.3 Å². The zero-order valence-electron chi connectivity index (χ0n) is 16.9. The third-order valence-electron chi connectivity index (χ3n) is 9.08. The van der Waals surface area contributed by atoms with E-state index in [0.29, 0.717) is 5.41 Å². The van der Waals surface area contributed by atoms with Gasteiger partial charge >= 0.3 is 0 Å². The number of aliphatic hydroxyl groups is 1. The smallest absolute Gasteiger partial charge is 0.194 e. The first kappa shape index (κ1) is 17.5. The third kappa shape index (κ3) is 2.16. The Labute approximate surface area is 171 Å². The van der Waals surface area contributed by atoms with Gasteiger partial charge in [-0.25, -0.2) is 4.98 Å². The maximum absolute atomic E-state index is 10.2. The predicted molar refractivity (Wildman–Crippen MR) is 114 cm³/mol. The van der Waals surface area contributed by atoms with Gasteiger partial charge in [-0.2, -0.15) is 0 Å². The molecule has 2 heterocycles. The molecule has 4 aliphatic rings. The fourth-order valence-electron chi connectivity index (χ4n) is 7.53. The molecule has 2 saturated carbocycles. The van der Waals surface area contributed by atoms with E-state index in [1.54, 1.807) is 22.5 Å². The first-order valence-corrected chi connectivity index (χ1v) is 11.9. The number of hydrogen-bond donors (Lipinski definition) is 1. The van der Waals surface area contributed by atoms with Crippen molar-refractivity contribution in [3.8, 4) is 0 Å². The van der Waals surface area contributed by atoms with Crippen LogP contribution in [0, 0.1) is 28.6 Å². The Kier molecular flexibility index (Phi) is 3.63. The van der Waals surface area contributed by atoms with E-state index in [2.05, 4.69) is 53.2 Å². The molecule has 0 radical (unpaired) electrons. The van der Waals surface area contributed by atoms with Crippen molar-refractivity contribution in [2.24, 2.45) is 28.6 Å². The highest BCUT2D eigenvalue weighted by Gasteiger charge is 2.57. The van der Waals surface area contributed by atoms with Crippen molar-refractivity contribution >= 4 is 21.9 Å². The van der Waals surface area contributed by atoms with Crippen LogP contribution >= 0.6 is 11.3 Å². The Hall–Kier alpha value is -1.39. The summed E-state index contributed by atoms with van der Waals surface area (Å²) in [5, 5.41) is 12.3. The Balaban J connectivity index is 1.36.